The van der Waals surface area contributed by atoms with E-state index in [1.54, 1.807) is 13.1 Å². The number of carbonyl (C=O) groups is 2. The standard InChI is InChI=1S/C23H29N5O2/c1-3-25-23(26-13-12-17-8-7-9-18(14-17)22(30)24-2)27-19-15-21(29)28(16-19)20-10-5-4-6-11-20/h4-11,14,19H,3,12-13,15-16H2,1-2H3,(H,24,30)(H2,25,26,27). The Kier molecular flexibility index (Phi) is 7.43. The monoisotopic (exact) mass is 407 g/mol. The number of rotatable bonds is 7. The van der Waals surface area contributed by atoms with Crippen LogP contribution >= 0.6 is 0 Å². The smallest absolute Gasteiger partial charge is 0.251 e. The number of anilines is 1. The van der Waals surface area contributed by atoms with Crippen molar-refractivity contribution < 1.29 is 9.59 Å². The van der Waals surface area contributed by atoms with E-state index >= 15 is 0 Å². The number of benzene rings is 2. The van der Waals surface area contributed by atoms with Gasteiger partial charge < -0.3 is 20.9 Å². The van der Waals surface area contributed by atoms with Crippen molar-refractivity contribution in [2.75, 3.05) is 31.6 Å². The van der Waals surface area contributed by atoms with E-state index in [0.29, 0.717) is 31.0 Å². The molecule has 0 bridgehead atoms. The molecule has 2 aromatic rings. The van der Waals surface area contributed by atoms with Gasteiger partial charge in [-0.1, -0.05) is 30.3 Å². The molecule has 1 saturated heterocycles. The Hall–Kier alpha value is -3.35. The number of nitrogens with one attached hydrogen (secondary N) is 3. The Balaban J connectivity index is 1.59. The van der Waals surface area contributed by atoms with Gasteiger partial charge in [-0.15, -0.1) is 0 Å². The lowest BCUT2D eigenvalue weighted by molar-refractivity contribution is -0.117. The molecule has 1 heterocycles. The molecule has 1 aliphatic rings. The van der Waals surface area contributed by atoms with Gasteiger partial charge in [0, 0.05) is 44.4 Å². The molecule has 1 unspecified atom stereocenters. The van der Waals surface area contributed by atoms with E-state index < -0.39 is 0 Å². The largest absolute Gasteiger partial charge is 0.357 e. The fourth-order valence-corrected chi connectivity index (χ4v) is 3.48. The molecule has 7 heteroatoms. The van der Waals surface area contributed by atoms with Crippen molar-refractivity contribution in [3.63, 3.8) is 0 Å². The summed E-state index contributed by atoms with van der Waals surface area (Å²) in [6.45, 7) is 3.94. The Morgan fingerprint density at radius 3 is 2.70 bits per heavy atom. The summed E-state index contributed by atoms with van der Waals surface area (Å²) in [6.07, 6.45) is 1.16. The van der Waals surface area contributed by atoms with Crippen molar-refractivity contribution in [2.45, 2.75) is 25.8 Å². The number of para-hydroxylation sites is 1. The quantitative estimate of drug-likeness (QED) is 0.484. The molecule has 0 saturated carbocycles. The average Bonchev–Trinajstić information content (AvgIpc) is 3.14. The summed E-state index contributed by atoms with van der Waals surface area (Å²) < 4.78 is 0. The van der Waals surface area contributed by atoms with Gasteiger partial charge in [-0.3, -0.25) is 14.6 Å². The first-order valence-corrected chi connectivity index (χ1v) is 10.3. The summed E-state index contributed by atoms with van der Waals surface area (Å²) in [6, 6.07) is 17.3. The molecule has 7 nitrogen and oxygen atoms in total. The van der Waals surface area contributed by atoms with Gasteiger partial charge in [-0.2, -0.15) is 0 Å². The van der Waals surface area contributed by atoms with Gasteiger partial charge in [0.1, 0.15) is 0 Å². The van der Waals surface area contributed by atoms with Gasteiger partial charge in [-0.25, -0.2) is 0 Å². The molecule has 1 fully saturated rings. The highest BCUT2D eigenvalue weighted by atomic mass is 16.2. The summed E-state index contributed by atoms with van der Waals surface area (Å²) in [4.78, 5) is 30.7. The van der Waals surface area contributed by atoms with Crippen molar-refractivity contribution in [2.24, 2.45) is 4.99 Å². The molecular weight excluding hydrogens is 378 g/mol. The van der Waals surface area contributed by atoms with Crippen LogP contribution in [0.25, 0.3) is 0 Å². The maximum Gasteiger partial charge on any atom is 0.251 e. The van der Waals surface area contributed by atoms with Gasteiger partial charge in [0.15, 0.2) is 5.96 Å². The van der Waals surface area contributed by atoms with E-state index in [9.17, 15) is 9.59 Å². The Morgan fingerprint density at radius 1 is 1.17 bits per heavy atom. The first-order chi connectivity index (χ1) is 14.6. The third-order valence-corrected chi connectivity index (χ3v) is 4.96. The second kappa shape index (κ2) is 10.4. The zero-order valence-corrected chi connectivity index (χ0v) is 17.5. The minimum Gasteiger partial charge on any atom is -0.357 e. The van der Waals surface area contributed by atoms with Crippen molar-refractivity contribution in [3.8, 4) is 0 Å². The van der Waals surface area contributed by atoms with Crippen molar-refractivity contribution >= 4 is 23.5 Å². The van der Waals surface area contributed by atoms with Crippen LogP contribution in [0.4, 0.5) is 5.69 Å². The van der Waals surface area contributed by atoms with E-state index in [4.69, 9.17) is 0 Å². The van der Waals surface area contributed by atoms with Crippen LogP contribution in [0, 0.1) is 0 Å². The minimum atomic E-state index is -0.0933. The molecule has 3 rings (SSSR count). The molecule has 30 heavy (non-hydrogen) atoms. The van der Waals surface area contributed by atoms with Gasteiger partial charge >= 0.3 is 0 Å². The predicted octanol–water partition coefficient (Wildman–Crippen LogP) is 1.95. The molecular formula is C23H29N5O2. The fraction of sp³-hybridized carbons (Fsp3) is 0.348. The van der Waals surface area contributed by atoms with Crippen LogP contribution < -0.4 is 20.9 Å². The van der Waals surface area contributed by atoms with Crippen molar-refractivity contribution in [3.05, 3.63) is 65.7 Å². The zero-order chi connectivity index (χ0) is 21.3. The number of guanidine groups is 1. The predicted molar refractivity (Wildman–Crippen MR) is 120 cm³/mol. The van der Waals surface area contributed by atoms with Gasteiger partial charge in [0.25, 0.3) is 5.91 Å². The topological polar surface area (TPSA) is 85.8 Å². The third kappa shape index (κ3) is 5.59. The van der Waals surface area contributed by atoms with E-state index in [1.807, 2.05) is 60.4 Å². The van der Waals surface area contributed by atoms with Crippen LogP contribution in [0.5, 0.6) is 0 Å². The molecule has 3 N–H and O–H groups in total. The SMILES string of the molecule is CCNC(=NCCc1cccc(C(=O)NC)c1)NC1CC(=O)N(c2ccccc2)C1. The summed E-state index contributed by atoms with van der Waals surface area (Å²) in [7, 11) is 1.63. The van der Waals surface area contributed by atoms with Crippen molar-refractivity contribution in [1.29, 1.82) is 0 Å². The van der Waals surface area contributed by atoms with Crippen LogP contribution in [0.2, 0.25) is 0 Å². The molecule has 0 aliphatic carbocycles. The third-order valence-electron chi connectivity index (χ3n) is 4.96. The first kappa shape index (κ1) is 21.4. The van der Waals surface area contributed by atoms with E-state index in [0.717, 1.165) is 24.2 Å². The zero-order valence-electron chi connectivity index (χ0n) is 17.5. The number of hydrogen-bond donors (Lipinski definition) is 3. The van der Waals surface area contributed by atoms with E-state index in [2.05, 4.69) is 20.9 Å². The van der Waals surface area contributed by atoms with E-state index in [-0.39, 0.29) is 17.9 Å². The lowest BCUT2D eigenvalue weighted by Crippen LogP contribution is -2.44. The van der Waals surface area contributed by atoms with Crippen LogP contribution in [-0.4, -0.2) is 50.5 Å². The average molecular weight is 408 g/mol. The first-order valence-electron chi connectivity index (χ1n) is 10.3. The number of nitrogens with zero attached hydrogens (tertiary/aromatic N) is 2. The number of amides is 2. The van der Waals surface area contributed by atoms with Crippen LogP contribution in [-0.2, 0) is 11.2 Å². The molecule has 0 aromatic heterocycles. The molecule has 2 amide bonds. The second-order valence-corrected chi connectivity index (χ2v) is 7.18. The summed E-state index contributed by atoms with van der Waals surface area (Å²) >= 11 is 0. The maximum atomic E-state index is 12.4. The highest BCUT2D eigenvalue weighted by Crippen LogP contribution is 2.20. The van der Waals surface area contributed by atoms with Crippen LogP contribution in [0.15, 0.2) is 59.6 Å². The normalized spacial score (nSPS) is 16.5. The Morgan fingerprint density at radius 2 is 1.97 bits per heavy atom. The molecule has 0 radical (unpaired) electrons. The Labute approximate surface area is 177 Å². The second-order valence-electron chi connectivity index (χ2n) is 7.18. The summed E-state index contributed by atoms with van der Waals surface area (Å²) in [5.41, 5.74) is 2.63. The molecule has 1 aliphatic heterocycles. The summed E-state index contributed by atoms with van der Waals surface area (Å²) in [5.74, 6) is 0.720. The molecule has 0 spiro atoms. The van der Waals surface area contributed by atoms with Gasteiger partial charge in [0.2, 0.25) is 5.91 Å². The van der Waals surface area contributed by atoms with Gasteiger partial charge in [0.05, 0.1) is 6.04 Å². The fourth-order valence-electron chi connectivity index (χ4n) is 3.48. The number of hydrogen-bond acceptors (Lipinski definition) is 3. The minimum absolute atomic E-state index is 0.00656. The lowest BCUT2D eigenvalue weighted by Gasteiger charge is -2.19. The lowest BCUT2D eigenvalue weighted by atomic mass is 10.1. The highest BCUT2D eigenvalue weighted by molar-refractivity contribution is 5.97. The summed E-state index contributed by atoms with van der Waals surface area (Å²) in [5, 5.41) is 9.27. The molecule has 2 aromatic carbocycles. The van der Waals surface area contributed by atoms with E-state index in [1.165, 1.54) is 0 Å². The Bertz CT molecular complexity index is 897. The molecule has 158 valence electrons. The highest BCUT2D eigenvalue weighted by Gasteiger charge is 2.31. The maximum absolute atomic E-state index is 12.4. The van der Waals surface area contributed by atoms with Crippen LogP contribution in [0.3, 0.4) is 0 Å². The van der Waals surface area contributed by atoms with Crippen LogP contribution in [0.1, 0.15) is 29.3 Å². The van der Waals surface area contributed by atoms with Crippen molar-refractivity contribution in [1.82, 2.24) is 16.0 Å². The van der Waals surface area contributed by atoms with Gasteiger partial charge in [-0.05, 0) is 43.2 Å². The number of aliphatic imine (C=N–C) groups is 1. The number of carbonyl (C=O) groups excluding carboxylic acids is 2. The molecule has 1 atom stereocenters.